The molecule has 3 aliphatic rings. The molecule has 3 heteroatoms. The topological polar surface area (TPSA) is 35.5 Å². The van der Waals surface area contributed by atoms with Crippen LogP contribution in [0.25, 0.3) is 0 Å². The number of rotatable bonds is 0. The molecule has 18 heavy (non-hydrogen) atoms. The maximum Gasteiger partial charge on any atom is 0.168 e. The van der Waals surface area contributed by atoms with Crippen molar-refractivity contribution in [2.75, 3.05) is 13.2 Å². The Morgan fingerprint density at radius 2 is 1.56 bits per heavy atom. The summed E-state index contributed by atoms with van der Waals surface area (Å²) in [4.78, 5) is 12.0. The van der Waals surface area contributed by atoms with Gasteiger partial charge in [-0.3, -0.25) is 4.79 Å². The lowest BCUT2D eigenvalue weighted by molar-refractivity contribution is -0.314. The highest BCUT2D eigenvalue weighted by Crippen LogP contribution is 2.51. The normalized spacial score (nSPS) is 33.1. The minimum absolute atomic E-state index is 0.00899. The molecule has 1 aliphatic heterocycles. The first-order valence-corrected chi connectivity index (χ1v) is 7.27. The van der Waals surface area contributed by atoms with Crippen LogP contribution < -0.4 is 0 Å². The molecule has 0 aromatic rings. The van der Waals surface area contributed by atoms with Crippen molar-refractivity contribution in [3.8, 4) is 0 Å². The Bertz CT molecular complexity index is 339. The van der Waals surface area contributed by atoms with E-state index in [1.54, 1.807) is 0 Å². The molecule has 0 bridgehead atoms. The minimum atomic E-state index is -0.371. The molecule has 3 nitrogen and oxygen atoms in total. The molecule has 0 N–H and O–H groups in total. The van der Waals surface area contributed by atoms with Crippen LogP contribution in [0.15, 0.2) is 0 Å². The van der Waals surface area contributed by atoms with Crippen LogP contribution in [-0.4, -0.2) is 24.8 Å². The highest BCUT2D eigenvalue weighted by atomic mass is 16.7. The highest BCUT2D eigenvalue weighted by molar-refractivity contribution is 5.86. The molecule has 2 spiro atoms. The van der Waals surface area contributed by atoms with Crippen molar-refractivity contribution in [1.29, 1.82) is 0 Å². The zero-order chi connectivity index (χ0) is 12.9. The van der Waals surface area contributed by atoms with E-state index in [0.717, 1.165) is 58.2 Å². The van der Waals surface area contributed by atoms with Crippen molar-refractivity contribution >= 4 is 5.78 Å². The summed E-state index contributed by atoms with van der Waals surface area (Å²) >= 11 is 0. The fourth-order valence-corrected chi connectivity index (χ4v) is 3.66. The third-order valence-corrected chi connectivity index (χ3v) is 5.07. The van der Waals surface area contributed by atoms with E-state index in [9.17, 15) is 4.79 Å². The van der Waals surface area contributed by atoms with E-state index >= 15 is 0 Å². The summed E-state index contributed by atoms with van der Waals surface area (Å²) in [5.74, 6) is 0.123. The molecule has 1 saturated heterocycles. The fraction of sp³-hybridized carbons (Fsp3) is 0.933. The maximum atomic E-state index is 12.0. The minimum Gasteiger partial charge on any atom is -0.349 e. The molecule has 0 aromatic heterocycles. The molecule has 1 heterocycles. The van der Waals surface area contributed by atoms with Gasteiger partial charge in [0.25, 0.3) is 0 Å². The molecule has 0 aromatic carbocycles. The van der Waals surface area contributed by atoms with Gasteiger partial charge in [0, 0.05) is 30.1 Å². The zero-order valence-electron chi connectivity index (χ0n) is 11.6. The third kappa shape index (κ3) is 2.01. The first-order valence-electron chi connectivity index (χ1n) is 7.27. The van der Waals surface area contributed by atoms with Gasteiger partial charge in [-0.25, -0.2) is 0 Å². The maximum absolute atomic E-state index is 12.0. The van der Waals surface area contributed by atoms with Crippen molar-refractivity contribution < 1.29 is 14.3 Å². The molecule has 0 atom stereocenters. The zero-order valence-corrected chi connectivity index (χ0v) is 11.6. The number of hydrogen-bond acceptors (Lipinski definition) is 3. The third-order valence-electron chi connectivity index (χ3n) is 5.07. The molecule has 0 unspecified atom stereocenters. The van der Waals surface area contributed by atoms with Crippen molar-refractivity contribution in [2.45, 2.75) is 64.6 Å². The van der Waals surface area contributed by atoms with Crippen LogP contribution in [0.5, 0.6) is 0 Å². The molecular formula is C15H24O3. The van der Waals surface area contributed by atoms with Crippen LogP contribution in [0, 0.1) is 10.8 Å². The van der Waals surface area contributed by atoms with Gasteiger partial charge in [-0.1, -0.05) is 13.8 Å². The van der Waals surface area contributed by atoms with Gasteiger partial charge < -0.3 is 9.47 Å². The SMILES string of the molecule is CC1(C)COC2(CCC3(CCCC3=O)CC2)OC1. The van der Waals surface area contributed by atoms with Gasteiger partial charge in [0.2, 0.25) is 0 Å². The second-order valence-corrected chi connectivity index (χ2v) is 7.21. The fourth-order valence-electron chi connectivity index (χ4n) is 3.66. The lowest BCUT2D eigenvalue weighted by atomic mass is 9.70. The predicted molar refractivity (Wildman–Crippen MR) is 68.2 cm³/mol. The molecule has 2 saturated carbocycles. The summed E-state index contributed by atoms with van der Waals surface area (Å²) < 4.78 is 12.1. The Hall–Kier alpha value is -0.410. The molecule has 102 valence electrons. The van der Waals surface area contributed by atoms with E-state index in [1.165, 1.54) is 0 Å². The van der Waals surface area contributed by atoms with Crippen molar-refractivity contribution in [3.63, 3.8) is 0 Å². The van der Waals surface area contributed by atoms with Crippen LogP contribution in [0.2, 0.25) is 0 Å². The number of carbonyl (C=O) groups is 1. The van der Waals surface area contributed by atoms with E-state index in [4.69, 9.17) is 9.47 Å². The van der Waals surface area contributed by atoms with Crippen LogP contribution >= 0.6 is 0 Å². The molecule has 0 radical (unpaired) electrons. The van der Waals surface area contributed by atoms with Gasteiger partial charge >= 0.3 is 0 Å². The number of carbonyl (C=O) groups excluding carboxylic acids is 1. The summed E-state index contributed by atoms with van der Waals surface area (Å²) in [6, 6.07) is 0. The summed E-state index contributed by atoms with van der Waals surface area (Å²) in [7, 11) is 0. The van der Waals surface area contributed by atoms with Crippen LogP contribution in [0.1, 0.15) is 58.8 Å². The summed E-state index contributed by atoms with van der Waals surface area (Å²) in [5, 5.41) is 0. The summed E-state index contributed by atoms with van der Waals surface area (Å²) in [5.41, 5.74) is 0.120. The number of ketones is 1. The Morgan fingerprint density at radius 3 is 2.06 bits per heavy atom. The quantitative estimate of drug-likeness (QED) is 0.664. The second-order valence-electron chi connectivity index (χ2n) is 7.21. The first kappa shape index (κ1) is 12.6. The largest absolute Gasteiger partial charge is 0.349 e. The van der Waals surface area contributed by atoms with Gasteiger partial charge in [0.1, 0.15) is 5.78 Å². The molecular weight excluding hydrogens is 228 g/mol. The average Bonchev–Trinajstić information content (AvgIpc) is 2.69. The van der Waals surface area contributed by atoms with Gasteiger partial charge in [-0.05, 0) is 25.7 Å². The Morgan fingerprint density at radius 1 is 0.944 bits per heavy atom. The van der Waals surface area contributed by atoms with Crippen molar-refractivity contribution in [2.24, 2.45) is 10.8 Å². The smallest absolute Gasteiger partial charge is 0.168 e. The van der Waals surface area contributed by atoms with E-state index in [1.807, 2.05) is 0 Å². The molecule has 3 fully saturated rings. The number of ether oxygens (including phenoxy) is 2. The number of hydrogen-bond donors (Lipinski definition) is 0. The van der Waals surface area contributed by atoms with E-state index in [0.29, 0.717) is 5.78 Å². The number of Topliss-reactive ketones (excluding diaryl/α,β-unsaturated/α-hetero) is 1. The van der Waals surface area contributed by atoms with E-state index in [-0.39, 0.29) is 16.6 Å². The van der Waals surface area contributed by atoms with Crippen LogP contribution in [-0.2, 0) is 14.3 Å². The standard InChI is InChI=1S/C15H24O3/c1-13(2)10-17-15(18-11-13)8-6-14(7-9-15)5-3-4-12(14)16/h3-11H2,1-2H3. The van der Waals surface area contributed by atoms with E-state index in [2.05, 4.69) is 13.8 Å². The predicted octanol–water partition coefficient (Wildman–Crippen LogP) is 3.07. The monoisotopic (exact) mass is 252 g/mol. The summed E-state index contributed by atoms with van der Waals surface area (Å²) in [6.45, 7) is 5.89. The average molecular weight is 252 g/mol. The van der Waals surface area contributed by atoms with Gasteiger partial charge in [0.05, 0.1) is 13.2 Å². The molecule has 2 aliphatic carbocycles. The van der Waals surface area contributed by atoms with Crippen LogP contribution in [0.3, 0.4) is 0 Å². The van der Waals surface area contributed by atoms with Crippen LogP contribution in [0.4, 0.5) is 0 Å². The van der Waals surface area contributed by atoms with Gasteiger partial charge in [0.15, 0.2) is 5.79 Å². The Labute approximate surface area is 109 Å². The van der Waals surface area contributed by atoms with Crippen molar-refractivity contribution in [3.05, 3.63) is 0 Å². The lowest BCUT2D eigenvalue weighted by Crippen LogP contribution is -2.51. The molecule has 0 amide bonds. The molecule has 3 rings (SSSR count). The van der Waals surface area contributed by atoms with Crippen molar-refractivity contribution in [1.82, 2.24) is 0 Å². The second kappa shape index (κ2) is 4.04. The lowest BCUT2D eigenvalue weighted by Gasteiger charge is -2.48. The van der Waals surface area contributed by atoms with Gasteiger partial charge in [-0.2, -0.15) is 0 Å². The Balaban J connectivity index is 1.65. The first-order chi connectivity index (χ1) is 8.46. The highest BCUT2D eigenvalue weighted by Gasteiger charge is 2.51. The van der Waals surface area contributed by atoms with E-state index < -0.39 is 0 Å². The summed E-state index contributed by atoms with van der Waals surface area (Å²) in [6.07, 6.45) is 6.69. The Kier molecular flexibility index (Phi) is 2.83. The van der Waals surface area contributed by atoms with Gasteiger partial charge in [-0.15, -0.1) is 0 Å².